The van der Waals surface area contributed by atoms with E-state index in [4.69, 9.17) is 38.7 Å². The Bertz CT molecular complexity index is 8130. The van der Waals surface area contributed by atoms with Crippen LogP contribution in [0.5, 0.6) is 40.2 Å². The van der Waals surface area contributed by atoms with Gasteiger partial charge in [0, 0.05) is 64.2 Å². The van der Waals surface area contributed by atoms with Crippen LogP contribution >= 0.6 is 46.9 Å². The molecule has 1 spiro atoms. The zero-order valence-electron chi connectivity index (χ0n) is 68.1. The van der Waals surface area contributed by atoms with Gasteiger partial charge in [-0.1, -0.05) is 151 Å². The second kappa shape index (κ2) is 35.8. The second-order valence-electron chi connectivity index (χ2n) is 30.2. The average molecular weight is 1830 g/mol. The summed E-state index contributed by atoms with van der Waals surface area (Å²) in [7, 11) is 3.10. The average Bonchev–Trinajstić information content (AvgIpc) is 1.54. The molecule has 0 radical (unpaired) electrons. The third-order valence-corrected chi connectivity index (χ3v) is 25.9. The van der Waals surface area contributed by atoms with Gasteiger partial charge in [-0.25, -0.2) is 28.0 Å². The summed E-state index contributed by atoms with van der Waals surface area (Å²) in [5.74, 6) is -1.38. The van der Waals surface area contributed by atoms with Crippen LogP contribution in [-0.2, 0) is 31.2 Å². The molecule has 10 aromatic carbocycles. The molecular formula is C98H68ClF5N4O19S3. The zero-order valence-corrected chi connectivity index (χ0v) is 71.3. The van der Waals surface area contributed by atoms with Gasteiger partial charge in [0.1, 0.15) is 76.4 Å². The molecule has 654 valence electrons. The van der Waals surface area contributed by atoms with Gasteiger partial charge in [-0.05, 0) is 176 Å². The van der Waals surface area contributed by atoms with E-state index in [9.17, 15) is 85.8 Å². The molecule has 1 saturated carbocycles. The van der Waals surface area contributed by atoms with Gasteiger partial charge in [-0.3, -0.25) is 23.7 Å². The van der Waals surface area contributed by atoms with Gasteiger partial charge in [0.2, 0.25) is 0 Å². The maximum absolute atomic E-state index is 14.4. The maximum atomic E-state index is 14.4. The van der Waals surface area contributed by atoms with Crippen LogP contribution in [-0.4, -0.2) is 58.0 Å². The highest BCUT2D eigenvalue weighted by atomic mass is 35.5. The zero-order chi connectivity index (χ0) is 91.3. The van der Waals surface area contributed by atoms with E-state index in [0.717, 1.165) is 90.5 Å². The van der Waals surface area contributed by atoms with E-state index in [1.807, 2.05) is 30.3 Å². The lowest BCUT2D eigenvalue weighted by molar-refractivity contribution is -0.137. The fourth-order valence-electron chi connectivity index (χ4n) is 16.4. The first kappa shape index (κ1) is 87.3. The van der Waals surface area contributed by atoms with Crippen LogP contribution in [0.15, 0.2) is 334 Å². The summed E-state index contributed by atoms with van der Waals surface area (Å²) in [6, 6.07) is 65.3. The Balaban J connectivity index is 0.000000122. The molecule has 18 aromatic rings. The maximum Gasteiger partial charge on any atom is 0.416 e. The molecule has 1 aliphatic carbocycles. The van der Waals surface area contributed by atoms with Crippen molar-refractivity contribution >= 4 is 123 Å². The van der Waals surface area contributed by atoms with Gasteiger partial charge in [0.05, 0.1) is 67.7 Å². The van der Waals surface area contributed by atoms with Crippen molar-refractivity contribution in [3.05, 3.63) is 382 Å². The van der Waals surface area contributed by atoms with Crippen molar-refractivity contribution < 1.29 is 74.6 Å². The Morgan fingerprint density at radius 2 is 0.923 bits per heavy atom. The second-order valence-corrected chi connectivity index (χ2v) is 33.9. The van der Waals surface area contributed by atoms with Gasteiger partial charge in [-0.2, -0.15) is 13.2 Å². The lowest BCUT2D eigenvalue weighted by Gasteiger charge is -2.34. The largest absolute Gasteiger partial charge is 0.508 e. The molecule has 32 heteroatoms. The van der Waals surface area contributed by atoms with Crippen molar-refractivity contribution in [3.63, 3.8) is 0 Å². The Morgan fingerprint density at radius 1 is 0.446 bits per heavy atom. The lowest BCUT2D eigenvalue weighted by atomic mass is 9.68. The number of nitrogens with zero attached hydrogens (tertiary/aromatic N) is 4. The van der Waals surface area contributed by atoms with E-state index >= 15 is 0 Å². The number of methoxy groups -OCH3 is 2. The van der Waals surface area contributed by atoms with Crippen molar-refractivity contribution in [1.29, 1.82) is 0 Å². The highest BCUT2D eigenvalue weighted by Gasteiger charge is 2.46. The van der Waals surface area contributed by atoms with E-state index in [-0.39, 0.29) is 94.6 Å². The first-order chi connectivity index (χ1) is 62.6. The molecule has 0 bridgehead atoms. The number of alkyl halides is 3. The standard InChI is InChI=1S/C27H18F3NO5S.C26H20FNO5S.C25H15ClFNO4S.C20H15NO5/c1-35-17-6-4-5-15(13-17)14-31-20-8-3-2-7-19(20)23-21(25(31)33)22(32)24(26(34)36-23)37-18-11-9-16(10-12-18)27(28,29)30;27-14-4-7-16(8-5-14)34-23-22(30)21-19(33-25(23)32)13-20-26(10-2-1-3-11-26)17-12-15(29)6-9-18(17)28(20)24(21)31;26-15-9-11-16(12-10-15)33-23-21(29)20-22(32-25(23)31)17-6-2-4-8-19(17)28(24(20)30)13-14-5-1-3-7-18(14)27;1-25-16-9-5-2-6-12(16)11-21-14-8-4-3-7-13(14)19-18(20(21)24)15(22)10-17(23)26-19/h2-13,32H,14H2,1H3;4-9,12-13,29-30H,1-3,10-11H2;1-12,29H,13H2;2-10,22H,11H2,1H3. The van der Waals surface area contributed by atoms with Crippen molar-refractivity contribution in [3.8, 4) is 45.9 Å². The minimum absolute atomic E-state index is 0.0108. The Morgan fingerprint density at radius 3 is 1.47 bits per heavy atom. The Labute approximate surface area is 746 Å². The van der Waals surface area contributed by atoms with Crippen molar-refractivity contribution in [2.24, 2.45) is 0 Å². The summed E-state index contributed by atoms with van der Waals surface area (Å²) >= 11 is 8.51. The van der Waals surface area contributed by atoms with Crippen LogP contribution in [0.3, 0.4) is 0 Å². The fourth-order valence-corrected chi connectivity index (χ4v) is 19.0. The number of phenols is 1. The summed E-state index contributed by atoms with van der Waals surface area (Å²) in [4.78, 5) is 105. The molecule has 23 nitrogen and oxygen atoms in total. The number of para-hydroxylation sites is 4. The first-order valence-corrected chi connectivity index (χ1v) is 42.8. The van der Waals surface area contributed by atoms with Crippen molar-refractivity contribution in [2.75, 3.05) is 14.2 Å². The van der Waals surface area contributed by atoms with Gasteiger partial charge in [0.15, 0.2) is 34.0 Å². The molecule has 20 rings (SSSR count). The van der Waals surface area contributed by atoms with E-state index < -0.39 is 90.8 Å². The molecule has 9 heterocycles. The molecule has 0 saturated heterocycles. The van der Waals surface area contributed by atoms with Gasteiger partial charge in [-0.15, -0.1) is 0 Å². The molecule has 2 aliphatic rings. The number of fused-ring (bicyclic) bond motifs is 15. The van der Waals surface area contributed by atoms with Crippen LogP contribution in [0.2, 0.25) is 5.02 Å². The predicted octanol–water partition coefficient (Wildman–Crippen LogP) is 19.9. The fraction of sp³-hybridized carbons (Fsp3) is 0.122. The highest BCUT2D eigenvalue weighted by Crippen LogP contribution is 2.53. The third kappa shape index (κ3) is 16.6. The van der Waals surface area contributed by atoms with E-state index in [1.54, 1.807) is 169 Å². The molecule has 0 amide bonds. The molecule has 130 heavy (non-hydrogen) atoms. The molecule has 0 atom stereocenters. The monoisotopic (exact) mass is 1830 g/mol. The van der Waals surface area contributed by atoms with Crippen LogP contribution in [0.25, 0.3) is 82.3 Å². The quantitative estimate of drug-likeness (QED) is 0.0499. The summed E-state index contributed by atoms with van der Waals surface area (Å²) in [5, 5.41) is 55.1. The molecule has 1 aliphatic heterocycles. The van der Waals surface area contributed by atoms with Gasteiger partial charge < -0.3 is 66.4 Å². The van der Waals surface area contributed by atoms with Crippen LogP contribution < -0.4 is 54.2 Å². The predicted molar refractivity (Wildman–Crippen MR) is 484 cm³/mol. The number of phenolic OH excluding ortho intramolecular Hbond substituents is 1. The smallest absolute Gasteiger partial charge is 0.416 e. The SMILES string of the molecule is COc1cccc(Cn2c(=O)c3c(O)c(Sc4ccc(C(F)(F)F)cc4)c(=O)oc3c3ccccc32)c1.COc1ccccc1Cn1c(=O)c2c(O)cc(=O)oc2c2ccccc21.O=c1oc2c(c(O)c1Sc1ccc(Cl)cc1)c(=O)n(Cc1ccccc1F)c1ccccc21.O=c1oc2cc3n(c(=O)c2c(O)c1Sc1ccc(F)cc1)-c1ccc(O)cc1C31CCCCC1. The molecule has 1 fully saturated rings. The lowest BCUT2D eigenvalue weighted by Crippen LogP contribution is -2.31. The normalized spacial score (nSPS) is 12.6. The topological polar surface area (TPSA) is 328 Å². The van der Waals surface area contributed by atoms with Crippen LogP contribution in [0.1, 0.15) is 65.6 Å². The van der Waals surface area contributed by atoms with E-state index in [1.165, 1.54) is 63.3 Å². The number of halogens is 6. The number of rotatable bonds is 14. The number of ether oxygens (including phenoxy) is 2. The number of hydrogen-bond acceptors (Lipinski definition) is 22. The summed E-state index contributed by atoms with van der Waals surface area (Å²) in [5.41, 5.74) is -0.815. The van der Waals surface area contributed by atoms with Crippen LogP contribution in [0.4, 0.5) is 22.0 Å². The number of hydrogen-bond donors (Lipinski definition) is 5. The van der Waals surface area contributed by atoms with E-state index in [2.05, 4.69) is 0 Å². The number of aromatic hydroxyl groups is 5. The first-order valence-electron chi connectivity index (χ1n) is 40.0. The van der Waals surface area contributed by atoms with Gasteiger partial charge in [0.25, 0.3) is 22.2 Å². The highest BCUT2D eigenvalue weighted by molar-refractivity contribution is 8.00. The minimum Gasteiger partial charge on any atom is -0.508 e. The number of benzene rings is 10. The summed E-state index contributed by atoms with van der Waals surface area (Å²) in [6.45, 7) is 0.338. The number of pyridine rings is 4. The molecule has 8 aromatic heterocycles. The molecule has 5 N–H and O–H groups in total. The molecule has 0 unspecified atom stereocenters. The van der Waals surface area contributed by atoms with Crippen LogP contribution in [0, 0.1) is 11.6 Å². The van der Waals surface area contributed by atoms with E-state index in [0.29, 0.717) is 87.7 Å². The summed E-state index contributed by atoms with van der Waals surface area (Å²) in [6.07, 6.45) is 0.148. The van der Waals surface area contributed by atoms with Crippen molar-refractivity contribution in [2.45, 2.75) is 92.7 Å². The molecular weight excluding hydrogens is 1760 g/mol. The van der Waals surface area contributed by atoms with Crippen molar-refractivity contribution in [1.82, 2.24) is 18.3 Å². The Hall–Kier alpha value is -14.8. The van der Waals surface area contributed by atoms with Gasteiger partial charge >= 0.3 is 28.7 Å². The minimum atomic E-state index is -4.51. The third-order valence-electron chi connectivity index (χ3n) is 22.5. The summed E-state index contributed by atoms with van der Waals surface area (Å²) < 4.78 is 105. The Kier molecular flexibility index (Phi) is 24.0. The number of aromatic nitrogens is 4.